The molecule has 10 heteroatoms. The van der Waals surface area contributed by atoms with Crippen molar-refractivity contribution in [2.45, 2.75) is 104 Å². The van der Waals surface area contributed by atoms with Gasteiger partial charge >= 0.3 is 5.97 Å². The topological polar surface area (TPSA) is 120 Å². The van der Waals surface area contributed by atoms with Crippen molar-refractivity contribution in [2.75, 3.05) is 33.9 Å². The monoisotopic (exact) mass is 666 g/mol. The number of aryl methyl sites for hydroxylation is 1. The van der Waals surface area contributed by atoms with Gasteiger partial charge in [0.1, 0.15) is 17.9 Å². The predicted molar refractivity (Wildman–Crippen MR) is 184 cm³/mol. The average molecular weight is 667 g/mol. The molecule has 1 heterocycles. The van der Waals surface area contributed by atoms with E-state index in [1.54, 1.807) is 46.3 Å². The Morgan fingerprint density at radius 2 is 1.73 bits per heavy atom. The number of ketones is 1. The van der Waals surface area contributed by atoms with E-state index >= 15 is 0 Å². The van der Waals surface area contributed by atoms with Crippen molar-refractivity contribution in [1.82, 2.24) is 10.2 Å². The summed E-state index contributed by atoms with van der Waals surface area (Å²) in [6.07, 6.45) is 6.93. The molecule has 1 saturated heterocycles. The summed E-state index contributed by atoms with van der Waals surface area (Å²) >= 11 is 0. The third-order valence-corrected chi connectivity index (χ3v) is 9.08. The minimum atomic E-state index is -0.855. The molecule has 0 saturated carbocycles. The third kappa shape index (κ3) is 11.0. The van der Waals surface area contributed by atoms with Crippen molar-refractivity contribution in [1.29, 1.82) is 0 Å². The van der Waals surface area contributed by atoms with E-state index in [2.05, 4.69) is 12.2 Å². The lowest BCUT2D eigenvalue weighted by atomic mass is 9.84. The quantitative estimate of drug-likeness (QED) is 0.104. The molecular weight excluding hydrogens is 612 g/mol. The summed E-state index contributed by atoms with van der Waals surface area (Å²) in [7, 11) is 3.16. The molecule has 48 heavy (non-hydrogen) atoms. The standard InChI is InChI=1S/C38H54N2O8/c1-7-9-10-12-22-39-34(41)26-47-29-16-14-15-28(25-29)31(20-18-27-19-21-32(45-5)33(24-27)46-6)48-37(44)30-17-11-13-23-40(30)36(43)35(42)38(3,4)8-2/h14-16,19,21,24-25,30-31H,7-13,17-18,20,22-23,26H2,1-6H3,(H,39,41)/t30-,31+/m0/s1. The highest BCUT2D eigenvalue weighted by atomic mass is 16.5. The molecule has 0 radical (unpaired) electrons. The van der Waals surface area contributed by atoms with Gasteiger partial charge in [-0.1, -0.05) is 65.2 Å². The Kier molecular flexibility index (Phi) is 15.2. The molecule has 1 N–H and O–H groups in total. The van der Waals surface area contributed by atoms with Crippen LogP contribution in [0.15, 0.2) is 42.5 Å². The van der Waals surface area contributed by atoms with Crippen LogP contribution < -0.4 is 19.5 Å². The number of ether oxygens (including phenoxy) is 4. The normalized spacial score (nSPS) is 15.3. The van der Waals surface area contributed by atoms with E-state index in [9.17, 15) is 19.2 Å². The summed E-state index contributed by atoms with van der Waals surface area (Å²) in [4.78, 5) is 54.1. The van der Waals surface area contributed by atoms with Crippen LogP contribution in [-0.2, 0) is 30.3 Å². The number of carbonyl (C=O) groups is 4. The van der Waals surface area contributed by atoms with Crippen molar-refractivity contribution >= 4 is 23.6 Å². The first-order chi connectivity index (χ1) is 23.0. The van der Waals surface area contributed by atoms with Gasteiger partial charge in [0.2, 0.25) is 5.78 Å². The molecule has 264 valence electrons. The summed E-state index contributed by atoms with van der Waals surface area (Å²) in [5, 5.41) is 2.89. The number of rotatable bonds is 19. The zero-order valence-electron chi connectivity index (χ0n) is 29.6. The van der Waals surface area contributed by atoms with Gasteiger partial charge in [-0.3, -0.25) is 14.4 Å². The van der Waals surface area contributed by atoms with E-state index in [0.717, 1.165) is 37.7 Å². The number of nitrogens with zero attached hydrogens (tertiary/aromatic N) is 1. The lowest BCUT2D eigenvalue weighted by molar-refractivity contribution is -0.164. The number of Topliss-reactive ketones (excluding diaryl/α,β-unsaturated/α-hetero) is 1. The van der Waals surface area contributed by atoms with Gasteiger partial charge in [-0.05, 0) is 80.3 Å². The number of likely N-dealkylation sites (tertiary alicyclic amines) is 1. The van der Waals surface area contributed by atoms with Crippen LogP contribution in [-0.4, -0.2) is 68.4 Å². The van der Waals surface area contributed by atoms with Crippen LogP contribution in [0.4, 0.5) is 0 Å². The summed E-state index contributed by atoms with van der Waals surface area (Å²) in [5.74, 6) is -0.190. The van der Waals surface area contributed by atoms with E-state index in [1.807, 2.05) is 31.2 Å². The van der Waals surface area contributed by atoms with Crippen LogP contribution in [0.5, 0.6) is 17.2 Å². The van der Waals surface area contributed by atoms with E-state index in [4.69, 9.17) is 18.9 Å². The minimum Gasteiger partial charge on any atom is -0.493 e. The molecule has 10 nitrogen and oxygen atoms in total. The number of carbonyl (C=O) groups excluding carboxylic acids is 4. The Labute approximate surface area is 285 Å². The molecule has 2 aromatic rings. The second-order valence-electron chi connectivity index (χ2n) is 13.0. The molecule has 0 spiro atoms. The van der Waals surface area contributed by atoms with E-state index in [0.29, 0.717) is 68.0 Å². The molecular formula is C38H54N2O8. The number of nitrogens with one attached hydrogen (secondary N) is 1. The first-order valence-electron chi connectivity index (χ1n) is 17.3. The molecule has 0 unspecified atom stereocenters. The fourth-order valence-electron chi connectivity index (χ4n) is 5.63. The Bertz CT molecular complexity index is 1370. The number of hydrogen-bond donors (Lipinski definition) is 1. The first-order valence-corrected chi connectivity index (χ1v) is 17.3. The molecule has 0 bridgehead atoms. The van der Waals surface area contributed by atoms with Crippen molar-refractivity contribution in [3.63, 3.8) is 0 Å². The molecule has 1 fully saturated rings. The maximum Gasteiger partial charge on any atom is 0.329 e. The zero-order chi connectivity index (χ0) is 35.1. The number of amides is 2. The molecule has 2 atom stereocenters. The second-order valence-corrected chi connectivity index (χ2v) is 13.0. The Morgan fingerprint density at radius 3 is 2.44 bits per heavy atom. The number of piperidine rings is 1. The maximum absolute atomic E-state index is 13.9. The summed E-state index contributed by atoms with van der Waals surface area (Å²) in [6.45, 7) is 8.32. The van der Waals surface area contributed by atoms with Crippen molar-refractivity contribution in [3.8, 4) is 17.2 Å². The van der Waals surface area contributed by atoms with Gasteiger partial charge in [-0.15, -0.1) is 0 Å². The number of benzene rings is 2. The molecule has 2 amide bonds. The largest absolute Gasteiger partial charge is 0.493 e. The number of hydrogen-bond acceptors (Lipinski definition) is 8. The molecule has 2 aromatic carbocycles. The van der Waals surface area contributed by atoms with Crippen LogP contribution in [0.3, 0.4) is 0 Å². The van der Waals surface area contributed by atoms with E-state index in [1.165, 1.54) is 4.90 Å². The van der Waals surface area contributed by atoms with E-state index < -0.39 is 35.2 Å². The fraction of sp³-hybridized carbons (Fsp3) is 0.579. The molecule has 3 rings (SSSR count). The van der Waals surface area contributed by atoms with Crippen LogP contribution in [0.2, 0.25) is 0 Å². The summed E-state index contributed by atoms with van der Waals surface area (Å²) < 4.78 is 22.9. The average Bonchev–Trinajstić information content (AvgIpc) is 3.11. The lowest BCUT2D eigenvalue weighted by Crippen LogP contribution is -2.53. The van der Waals surface area contributed by atoms with Crippen LogP contribution in [0.1, 0.15) is 103 Å². The SMILES string of the molecule is CCCCCCNC(=O)COc1cccc([C@@H](CCc2ccc(OC)c(OC)c2)OC(=O)[C@@H]2CCCCN2C(=O)C(=O)C(C)(C)CC)c1. The fourth-order valence-corrected chi connectivity index (χ4v) is 5.63. The number of unbranched alkanes of at least 4 members (excludes halogenated alkanes) is 3. The number of esters is 1. The van der Waals surface area contributed by atoms with Crippen LogP contribution >= 0.6 is 0 Å². The van der Waals surface area contributed by atoms with Gasteiger partial charge in [0.25, 0.3) is 11.8 Å². The molecule has 0 aromatic heterocycles. The zero-order valence-corrected chi connectivity index (χ0v) is 29.6. The highest BCUT2D eigenvalue weighted by Crippen LogP contribution is 2.32. The highest BCUT2D eigenvalue weighted by Gasteiger charge is 2.41. The lowest BCUT2D eigenvalue weighted by Gasteiger charge is -2.36. The Morgan fingerprint density at radius 1 is 0.958 bits per heavy atom. The van der Waals surface area contributed by atoms with Crippen LogP contribution in [0, 0.1) is 5.41 Å². The maximum atomic E-state index is 13.9. The molecule has 0 aliphatic carbocycles. The highest BCUT2D eigenvalue weighted by molar-refractivity contribution is 6.38. The van der Waals surface area contributed by atoms with Gasteiger partial charge < -0.3 is 29.2 Å². The molecule has 1 aliphatic rings. The second kappa shape index (κ2) is 19.1. The van der Waals surface area contributed by atoms with Crippen molar-refractivity contribution in [2.24, 2.45) is 5.41 Å². The first kappa shape index (κ1) is 38.4. The van der Waals surface area contributed by atoms with Crippen LogP contribution in [0.25, 0.3) is 0 Å². The summed E-state index contributed by atoms with van der Waals surface area (Å²) in [6, 6.07) is 12.0. The van der Waals surface area contributed by atoms with Gasteiger partial charge in [-0.25, -0.2) is 4.79 Å². The van der Waals surface area contributed by atoms with E-state index in [-0.39, 0.29) is 12.5 Å². The van der Waals surface area contributed by atoms with Gasteiger partial charge in [0.15, 0.2) is 18.1 Å². The summed E-state index contributed by atoms with van der Waals surface area (Å²) in [5.41, 5.74) is 0.828. The Balaban J connectivity index is 1.80. The minimum absolute atomic E-state index is 0.130. The van der Waals surface area contributed by atoms with Crippen molar-refractivity contribution in [3.05, 3.63) is 53.6 Å². The predicted octanol–water partition coefficient (Wildman–Crippen LogP) is 6.38. The Hall–Kier alpha value is -4.08. The molecule has 1 aliphatic heterocycles. The smallest absolute Gasteiger partial charge is 0.329 e. The van der Waals surface area contributed by atoms with Gasteiger partial charge in [0, 0.05) is 18.5 Å². The third-order valence-electron chi connectivity index (χ3n) is 9.08. The number of methoxy groups -OCH3 is 2. The van der Waals surface area contributed by atoms with Gasteiger partial charge in [0.05, 0.1) is 14.2 Å². The van der Waals surface area contributed by atoms with Gasteiger partial charge in [-0.2, -0.15) is 0 Å². The van der Waals surface area contributed by atoms with Crippen molar-refractivity contribution < 1.29 is 38.1 Å².